The summed E-state index contributed by atoms with van der Waals surface area (Å²) in [5.41, 5.74) is 2.33. The van der Waals surface area contributed by atoms with Crippen molar-refractivity contribution in [1.82, 2.24) is 5.32 Å². The van der Waals surface area contributed by atoms with Crippen molar-refractivity contribution < 1.29 is 14.2 Å². The standard InChI is InChI=1S/C15H23NO3/c1-11-7-14(18-4)12(8-13(11)17-3)15(5-6-16-2)9-19-10-15/h7-8,16H,5-6,9-10H2,1-4H3. The zero-order valence-corrected chi connectivity index (χ0v) is 12.2. The van der Waals surface area contributed by atoms with Gasteiger partial charge in [-0.15, -0.1) is 0 Å². The normalized spacial score (nSPS) is 16.8. The lowest BCUT2D eigenvalue weighted by Crippen LogP contribution is -2.48. The summed E-state index contributed by atoms with van der Waals surface area (Å²) in [5.74, 6) is 1.84. The van der Waals surface area contributed by atoms with Gasteiger partial charge in [0.15, 0.2) is 0 Å². The van der Waals surface area contributed by atoms with Crippen molar-refractivity contribution in [3.05, 3.63) is 23.3 Å². The van der Waals surface area contributed by atoms with Crippen molar-refractivity contribution in [3.63, 3.8) is 0 Å². The van der Waals surface area contributed by atoms with Crippen LogP contribution in [-0.2, 0) is 10.2 Å². The predicted octanol–water partition coefficient (Wildman–Crippen LogP) is 1.89. The molecule has 0 amide bonds. The van der Waals surface area contributed by atoms with Gasteiger partial charge in [-0.3, -0.25) is 0 Å². The van der Waals surface area contributed by atoms with Gasteiger partial charge in [0.25, 0.3) is 0 Å². The van der Waals surface area contributed by atoms with Gasteiger partial charge in [0, 0.05) is 11.0 Å². The van der Waals surface area contributed by atoms with Crippen LogP contribution in [0.3, 0.4) is 0 Å². The van der Waals surface area contributed by atoms with E-state index in [1.54, 1.807) is 14.2 Å². The second kappa shape index (κ2) is 5.80. The van der Waals surface area contributed by atoms with Crippen LogP contribution in [0.15, 0.2) is 12.1 Å². The summed E-state index contributed by atoms with van der Waals surface area (Å²) in [4.78, 5) is 0. The summed E-state index contributed by atoms with van der Waals surface area (Å²) in [6.45, 7) is 4.49. The lowest BCUT2D eigenvalue weighted by molar-refractivity contribution is -0.0647. The molecular formula is C15H23NO3. The van der Waals surface area contributed by atoms with Crippen molar-refractivity contribution in [1.29, 1.82) is 0 Å². The number of benzene rings is 1. The van der Waals surface area contributed by atoms with Crippen LogP contribution in [0.2, 0.25) is 0 Å². The third-order valence-electron chi connectivity index (χ3n) is 3.90. The molecule has 0 aromatic heterocycles. The van der Waals surface area contributed by atoms with Gasteiger partial charge >= 0.3 is 0 Å². The molecule has 0 spiro atoms. The third-order valence-corrected chi connectivity index (χ3v) is 3.90. The van der Waals surface area contributed by atoms with Gasteiger partial charge in [-0.1, -0.05) is 0 Å². The molecular weight excluding hydrogens is 242 g/mol. The first-order valence-corrected chi connectivity index (χ1v) is 6.62. The number of methoxy groups -OCH3 is 2. The molecule has 1 aliphatic heterocycles. The maximum absolute atomic E-state index is 5.56. The molecule has 4 heteroatoms. The van der Waals surface area contributed by atoms with Crippen LogP contribution in [0.5, 0.6) is 11.5 Å². The summed E-state index contributed by atoms with van der Waals surface area (Å²) in [6, 6.07) is 4.15. The molecule has 1 aromatic rings. The van der Waals surface area contributed by atoms with Crippen molar-refractivity contribution in [2.75, 3.05) is 41.0 Å². The first-order chi connectivity index (χ1) is 9.16. The monoisotopic (exact) mass is 265 g/mol. The van der Waals surface area contributed by atoms with E-state index in [0.717, 1.165) is 43.2 Å². The summed E-state index contributed by atoms with van der Waals surface area (Å²) >= 11 is 0. The SMILES string of the molecule is CNCCC1(c2cc(OC)c(C)cc2OC)COC1. The maximum atomic E-state index is 5.56. The lowest BCUT2D eigenvalue weighted by Gasteiger charge is -2.43. The molecule has 0 bridgehead atoms. The Bertz CT molecular complexity index is 441. The van der Waals surface area contributed by atoms with Crippen LogP contribution < -0.4 is 14.8 Å². The first-order valence-electron chi connectivity index (χ1n) is 6.62. The molecule has 1 aromatic carbocycles. The molecule has 1 heterocycles. The highest BCUT2D eigenvalue weighted by Gasteiger charge is 2.42. The largest absolute Gasteiger partial charge is 0.496 e. The van der Waals surface area contributed by atoms with Crippen molar-refractivity contribution in [3.8, 4) is 11.5 Å². The Morgan fingerprint density at radius 2 is 1.89 bits per heavy atom. The van der Waals surface area contributed by atoms with Gasteiger partial charge in [0.1, 0.15) is 11.5 Å². The highest BCUT2D eigenvalue weighted by molar-refractivity contribution is 5.50. The summed E-state index contributed by atoms with van der Waals surface area (Å²) < 4.78 is 16.5. The van der Waals surface area contributed by atoms with E-state index in [1.165, 1.54) is 5.56 Å². The van der Waals surface area contributed by atoms with Gasteiger partial charge in [0.05, 0.1) is 27.4 Å². The van der Waals surface area contributed by atoms with E-state index in [4.69, 9.17) is 14.2 Å². The molecule has 1 aliphatic rings. The molecule has 1 fully saturated rings. The Labute approximate surface area is 115 Å². The maximum Gasteiger partial charge on any atom is 0.123 e. The van der Waals surface area contributed by atoms with E-state index < -0.39 is 0 Å². The zero-order valence-electron chi connectivity index (χ0n) is 12.2. The fourth-order valence-electron chi connectivity index (χ4n) is 2.61. The zero-order chi connectivity index (χ0) is 13.9. The van der Waals surface area contributed by atoms with Crippen LogP contribution in [0.1, 0.15) is 17.5 Å². The van der Waals surface area contributed by atoms with Crippen LogP contribution in [0, 0.1) is 6.92 Å². The summed E-state index contributed by atoms with van der Waals surface area (Å²) in [5, 5.41) is 3.21. The molecule has 4 nitrogen and oxygen atoms in total. The first kappa shape index (κ1) is 14.2. The molecule has 0 radical (unpaired) electrons. The van der Waals surface area contributed by atoms with Crippen molar-refractivity contribution in [2.24, 2.45) is 0 Å². The number of nitrogens with one attached hydrogen (secondary N) is 1. The quantitative estimate of drug-likeness (QED) is 0.852. The number of hydrogen-bond donors (Lipinski definition) is 1. The fourth-order valence-corrected chi connectivity index (χ4v) is 2.61. The predicted molar refractivity (Wildman–Crippen MR) is 75.3 cm³/mol. The Balaban J connectivity index is 2.40. The van der Waals surface area contributed by atoms with Crippen LogP contribution in [-0.4, -0.2) is 41.0 Å². The molecule has 0 unspecified atom stereocenters. The van der Waals surface area contributed by atoms with Crippen molar-refractivity contribution in [2.45, 2.75) is 18.8 Å². The third kappa shape index (κ3) is 2.55. The van der Waals surface area contributed by atoms with Gasteiger partial charge < -0.3 is 19.5 Å². The minimum absolute atomic E-state index is 0.0509. The van der Waals surface area contributed by atoms with Crippen LogP contribution in [0.25, 0.3) is 0 Å². The van der Waals surface area contributed by atoms with Crippen LogP contribution >= 0.6 is 0 Å². The Morgan fingerprint density at radius 3 is 2.37 bits per heavy atom. The molecule has 106 valence electrons. The molecule has 2 rings (SSSR count). The van der Waals surface area contributed by atoms with Gasteiger partial charge in [-0.05, 0) is 44.6 Å². The number of hydrogen-bond acceptors (Lipinski definition) is 4. The highest BCUT2D eigenvalue weighted by Crippen LogP contribution is 2.43. The lowest BCUT2D eigenvalue weighted by atomic mass is 9.75. The molecule has 1 saturated heterocycles. The van der Waals surface area contributed by atoms with Gasteiger partial charge in [-0.25, -0.2) is 0 Å². The van der Waals surface area contributed by atoms with Gasteiger partial charge in [0.2, 0.25) is 0 Å². The second-order valence-electron chi connectivity index (χ2n) is 5.15. The number of aryl methyl sites for hydroxylation is 1. The van der Waals surface area contributed by atoms with E-state index in [9.17, 15) is 0 Å². The molecule has 0 aliphatic carbocycles. The molecule has 19 heavy (non-hydrogen) atoms. The Kier molecular flexibility index (Phi) is 4.32. The summed E-state index contributed by atoms with van der Waals surface area (Å²) in [7, 11) is 5.40. The molecule has 0 saturated carbocycles. The highest BCUT2D eigenvalue weighted by atomic mass is 16.5. The van der Waals surface area contributed by atoms with Crippen LogP contribution in [0.4, 0.5) is 0 Å². The second-order valence-corrected chi connectivity index (χ2v) is 5.15. The van der Waals surface area contributed by atoms with E-state index in [-0.39, 0.29) is 5.41 Å². The topological polar surface area (TPSA) is 39.7 Å². The minimum atomic E-state index is 0.0509. The average molecular weight is 265 g/mol. The van der Waals surface area contributed by atoms with E-state index in [2.05, 4.69) is 11.4 Å². The van der Waals surface area contributed by atoms with Crippen molar-refractivity contribution >= 4 is 0 Å². The minimum Gasteiger partial charge on any atom is -0.496 e. The fraction of sp³-hybridized carbons (Fsp3) is 0.600. The van der Waals surface area contributed by atoms with E-state index >= 15 is 0 Å². The Hall–Kier alpha value is -1.26. The molecule has 1 N–H and O–H groups in total. The smallest absolute Gasteiger partial charge is 0.123 e. The van der Waals surface area contributed by atoms with E-state index in [0.29, 0.717) is 0 Å². The van der Waals surface area contributed by atoms with E-state index in [1.807, 2.05) is 20.0 Å². The van der Waals surface area contributed by atoms with Gasteiger partial charge in [-0.2, -0.15) is 0 Å². The number of rotatable bonds is 6. The molecule has 0 atom stereocenters. The average Bonchev–Trinajstić information content (AvgIpc) is 2.38. The summed E-state index contributed by atoms with van der Waals surface area (Å²) in [6.07, 6.45) is 1.03. The number of ether oxygens (including phenoxy) is 3. The Morgan fingerprint density at radius 1 is 1.21 bits per heavy atom.